The van der Waals surface area contributed by atoms with Crippen LogP contribution < -0.4 is 4.74 Å². The van der Waals surface area contributed by atoms with Crippen molar-refractivity contribution in [1.82, 2.24) is 9.78 Å². The van der Waals surface area contributed by atoms with Gasteiger partial charge in [-0.25, -0.2) is 0 Å². The summed E-state index contributed by atoms with van der Waals surface area (Å²) in [5, 5.41) is 4.30. The van der Waals surface area contributed by atoms with Crippen molar-refractivity contribution in [2.75, 3.05) is 6.61 Å². The number of hydrogen-bond donors (Lipinski definition) is 0. The Labute approximate surface area is 198 Å². The number of thioether (sulfide) groups is 1. The Morgan fingerprint density at radius 1 is 1.00 bits per heavy atom. The number of carbonyl (C=O) groups is 1. The normalized spacial score (nSPS) is 10.7. The second-order valence-electron chi connectivity index (χ2n) is 7.56. The van der Waals surface area contributed by atoms with Crippen LogP contribution in [0.15, 0.2) is 90.1 Å². The van der Waals surface area contributed by atoms with Crippen LogP contribution in [-0.2, 0) is 28.8 Å². The third-order valence-corrected chi connectivity index (χ3v) is 6.08. The molecule has 168 valence electrons. The van der Waals surface area contributed by atoms with Gasteiger partial charge < -0.3 is 9.47 Å². The van der Waals surface area contributed by atoms with Gasteiger partial charge in [0, 0.05) is 35.0 Å². The fourth-order valence-electron chi connectivity index (χ4n) is 3.44. The Balaban J connectivity index is 1.59. The summed E-state index contributed by atoms with van der Waals surface area (Å²) in [5.74, 6) is 2.00. The Hall–Kier alpha value is -3.51. The van der Waals surface area contributed by atoms with Crippen molar-refractivity contribution in [2.24, 2.45) is 7.05 Å². The standard InChI is InChI=1S/C27H26N2O3S/c1-3-31-27(30)15-20-8-7-9-24(14-20)32-26-13-12-21(23-17-28-29(2)18-23)16-22(26)19-33-25-10-5-4-6-11-25/h4-14,16-18H,3,15,19H2,1-2H3. The third kappa shape index (κ3) is 6.26. The van der Waals surface area contributed by atoms with E-state index in [1.165, 1.54) is 4.90 Å². The van der Waals surface area contributed by atoms with Gasteiger partial charge in [-0.3, -0.25) is 9.48 Å². The summed E-state index contributed by atoms with van der Waals surface area (Å²) < 4.78 is 13.2. The zero-order valence-electron chi connectivity index (χ0n) is 18.7. The fourth-order valence-corrected chi connectivity index (χ4v) is 4.34. The van der Waals surface area contributed by atoms with E-state index < -0.39 is 0 Å². The number of esters is 1. The molecule has 0 unspecified atom stereocenters. The highest BCUT2D eigenvalue weighted by Crippen LogP contribution is 2.34. The smallest absolute Gasteiger partial charge is 0.310 e. The molecule has 0 saturated carbocycles. The third-order valence-electron chi connectivity index (χ3n) is 5.02. The minimum atomic E-state index is -0.240. The van der Waals surface area contributed by atoms with Crippen molar-refractivity contribution < 1.29 is 14.3 Å². The highest BCUT2D eigenvalue weighted by atomic mass is 32.2. The molecule has 0 N–H and O–H groups in total. The maximum Gasteiger partial charge on any atom is 0.310 e. The maximum atomic E-state index is 11.9. The topological polar surface area (TPSA) is 53.4 Å². The summed E-state index contributed by atoms with van der Waals surface area (Å²) in [7, 11) is 1.91. The highest BCUT2D eigenvalue weighted by Gasteiger charge is 2.11. The molecule has 3 aromatic carbocycles. The van der Waals surface area contributed by atoms with Crippen LogP contribution in [0.5, 0.6) is 11.5 Å². The summed E-state index contributed by atoms with van der Waals surface area (Å²) in [6.07, 6.45) is 4.09. The van der Waals surface area contributed by atoms with Crippen LogP contribution in [0.25, 0.3) is 11.1 Å². The largest absolute Gasteiger partial charge is 0.466 e. The molecule has 4 rings (SSSR count). The first-order valence-corrected chi connectivity index (χ1v) is 11.8. The van der Waals surface area contributed by atoms with Crippen LogP contribution in [0.4, 0.5) is 0 Å². The molecule has 1 aromatic heterocycles. The van der Waals surface area contributed by atoms with Gasteiger partial charge in [0.25, 0.3) is 0 Å². The van der Waals surface area contributed by atoms with Crippen LogP contribution in [0.3, 0.4) is 0 Å². The van der Waals surface area contributed by atoms with E-state index in [2.05, 4.69) is 23.3 Å². The van der Waals surface area contributed by atoms with Crippen molar-refractivity contribution in [3.05, 3.63) is 96.3 Å². The average molecular weight is 459 g/mol. The summed E-state index contributed by atoms with van der Waals surface area (Å²) in [6.45, 7) is 2.18. The number of ether oxygens (including phenoxy) is 2. The molecule has 0 bridgehead atoms. The molecule has 6 heteroatoms. The molecule has 0 aliphatic heterocycles. The Kier molecular flexibility index (Phi) is 7.47. The predicted molar refractivity (Wildman–Crippen MR) is 131 cm³/mol. The van der Waals surface area contributed by atoms with Crippen molar-refractivity contribution in [1.29, 1.82) is 0 Å². The van der Waals surface area contributed by atoms with Crippen LogP contribution in [0.2, 0.25) is 0 Å². The number of rotatable bonds is 9. The molecule has 0 atom stereocenters. The minimum Gasteiger partial charge on any atom is -0.466 e. The molecule has 5 nitrogen and oxygen atoms in total. The number of nitrogens with zero attached hydrogens (tertiary/aromatic N) is 2. The summed E-state index contributed by atoms with van der Waals surface area (Å²) in [5.41, 5.74) is 4.10. The fraction of sp³-hybridized carbons (Fsp3) is 0.185. The molecule has 4 aromatic rings. The molecular formula is C27H26N2O3S. The number of aryl methyl sites for hydroxylation is 1. The van der Waals surface area contributed by atoms with Crippen molar-refractivity contribution in [2.45, 2.75) is 24.0 Å². The quantitative estimate of drug-likeness (QED) is 0.218. The van der Waals surface area contributed by atoms with E-state index in [1.54, 1.807) is 16.4 Å². The number of benzene rings is 3. The first-order chi connectivity index (χ1) is 16.1. The van der Waals surface area contributed by atoms with Gasteiger partial charge in [-0.2, -0.15) is 5.10 Å². The van der Waals surface area contributed by atoms with Crippen molar-refractivity contribution in [3.8, 4) is 22.6 Å². The summed E-state index contributed by atoms with van der Waals surface area (Å²) in [6, 6.07) is 24.1. The van der Waals surface area contributed by atoms with E-state index >= 15 is 0 Å². The molecule has 0 radical (unpaired) electrons. The lowest BCUT2D eigenvalue weighted by Gasteiger charge is -2.14. The summed E-state index contributed by atoms with van der Waals surface area (Å²) >= 11 is 1.76. The predicted octanol–water partition coefficient (Wildman–Crippen LogP) is 6.28. The molecule has 0 fully saturated rings. The average Bonchev–Trinajstić information content (AvgIpc) is 3.26. The highest BCUT2D eigenvalue weighted by molar-refractivity contribution is 7.98. The van der Waals surface area contributed by atoms with Gasteiger partial charge in [0.1, 0.15) is 11.5 Å². The van der Waals surface area contributed by atoms with E-state index in [4.69, 9.17) is 9.47 Å². The molecule has 0 amide bonds. The summed E-state index contributed by atoms with van der Waals surface area (Å²) in [4.78, 5) is 13.1. The van der Waals surface area contributed by atoms with E-state index in [9.17, 15) is 4.79 Å². The van der Waals surface area contributed by atoms with Gasteiger partial charge in [0.2, 0.25) is 0 Å². The molecular weight excluding hydrogens is 432 g/mol. The monoisotopic (exact) mass is 458 g/mol. The first-order valence-electron chi connectivity index (χ1n) is 10.8. The van der Waals surface area contributed by atoms with E-state index in [0.29, 0.717) is 12.4 Å². The van der Waals surface area contributed by atoms with Gasteiger partial charge in [0.15, 0.2) is 0 Å². The van der Waals surface area contributed by atoms with Crippen molar-refractivity contribution >= 4 is 17.7 Å². The van der Waals surface area contributed by atoms with E-state index in [-0.39, 0.29) is 12.4 Å². The molecule has 1 heterocycles. The number of hydrogen-bond acceptors (Lipinski definition) is 5. The second-order valence-corrected chi connectivity index (χ2v) is 8.61. The van der Waals surface area contributed by atoms with Gasteiger partial charge in [-0.05, 0) is 54.4 Å². The SMILES string of the molecule is CCOC(=O)Cc1cccc(Oc2ccc(-c3cnn(C)c3)cc2CSc2ccccc2)c1. The Bertz CT molecular complexity index is 1220. The van der Waals surface area contributed by atoms with Gasteiger partial charge >= 0.3 is 5.97 Å². The number of aromatic nitrogens is 2. The Morgan fingerprint density at radius 2 is 1.85 bits per heavy atom. The molecule has 0 saturated heterocycles. The van der Waals surface area contributed by atoms with E-state index in [0.717, 1.165) is 33.8 Å². The molecule has 0 aliphatic rings. The lowest BCUT2D eigenvalue weighted by Crippen LogP contribution is -2.07. The van der Waals surface area contributed by atoms with Gasteiger partial charge in [-0.15, -0.1) is 11.8 Å². The number of carbonyl (C=O) groups excluding carboxylic acids is 1. The van der Waals surface area contributed by atoms with Crippen LogP contribution in [0, 0.1) is 0 Å². The van der Waals surface area contributed by atoms with Crippen LogP contribution in [0.1, 0.15) is 18.1 Å². The van der Waals surface area contributed by atoms with Crippen molar-refractivity contribution in [3.63, 3.8) is 0 Å². The van der Waals surface area contributed by atoms with Crippen LogP contribution in [-0.4, -0.2) is 22.4 Å². The first kappa shape index (κ1) is 22.7. The molecule has 0 aliphatic carbocycles. The molecule has 0 spiro atoms. The van der Waals surface area contributed by atoms with Gasteiger partial charge in [-0.1, -0.05) is 36.4 Å². The second kappa shape index (κ2) is 10.9. The van der Waals surface area contributed by atoms with Crippen LogP contribution >= 0.6 is 11.8 Å². The zero-order valence-corrected chi connectivity index (χ0v) is 19.5. The zero-order chi connectivity index (χ0) is 23.0. The maximum absolute atomic E-state index is 11.9. The minimum absolute atomic E-state index is 0.224. The lowest BCUT2D eigenvalue weighted by molar-refractivity contribution is -0.142. The van der Waals surface area contributed by atoms with Gasteiger partial charge in [0.05, 0.1) is 19.2 Å². The lowest BCUT2D eigenvalue weighted by atomic mass is 10.1. The Morgan fingerprint density at radius 3 is 2.61 bits per heavy atom. The van der Waals surface area contributed by atoms with E-state index in [1.807, 2.05) is 81.0 Å². The molecule has 33 heavy (non-hydrogen) atoms.